The van der Waals surface area contributed by atoms with Crippen molar-refractivity contribution < 1.29 is 9.53 Å². The summed E-state index contributed by atoms with van der Waals surface area (Å²) in [5, 5.41) is 1.06. The monoisotopic (exact) mass is 432 g/mol. The first-order valence-corrected chi connectivity index (χ1v) is 9.78. The number of aromatic nitrogens is 2. The molecule has 0 bridgehead atoms. The minimum Gasteiger partial charge on any atom is -0.383 e. The summed E-state index contributed by atoms with van der Waals surface area (Å²) in [6, 6.07) is 14.5. The maximum Gasteiger partial charge on any atom is 0.262 e. The number of hydrogen-bond acceptors (Lipinski definition) is 5. The van der Waals surface area contributed by atoms with Crippen LogP contribution < -0.4 is 5.56 Å². The van der Waals surface area contributed by atoms with Gasteiger partial charge in [-0.25, -0.2) is 4.98 Å². The zero-order valence-electron chi connectivity index (χ0n) is 14.1. The van der Waals surface area contributed by atoms with Crippen LogP contribution in [0, 0.1) is 0 Å². The van der Waals surface area contributed by atoms with Gasteiger partial charge in [-0.15, -0.1) is 0 Å². The van der Waals surface area contributed by atoms with Crippen molar-refractivity contribution in [1.82, 2.24) is 9.55 Å². The van der Waals surface area contributed by atoms with E-state index in [0.29, 0.717) is 34.8 Å². The van der Waals surface area contributed by atoms with E-state index < -0.39 is 0 Å². The number of hydrogen-bond donors (Lipinski definition) is 0. The number of ether oxygens (including phenoxy) is 1. The van der Waals surface area contributed by atoms with E-state index in [-0.39, 0.29) is 17.1 Å². The number of fused-ring (bicyclic) bond motifs is 1. The van der Waals surface area contributed by atoms with Crippen LogP contribution in [0.5, 0.6) is 0 Å². The molecule has 0 atom stereocenters. The summed E-state index contributed by atoms with van der Waals surface area (Å²) in [6.45, 7) is 0.772. The molecule has 0 aliphatic heterocycles. The fraction of sp³-hybridized carbons (Fsp3) is 0.211. The van der Waals surface area contributed by atoms with Gasteiger partial charge in [-0.3, -0.25) is 14.2 Å². The number of ketones is 1. The van der Waals surface area contributed by atoms with Gasteiger partial charge >= 0.3 is 0 Å². The van der Waals surface area contributed by atoms with Crippen LogP contribution in [0.25, 0.3) is 10.9 Å². The summed E-state index contributed by atoms with van der Waals surface area (Å²) in [7, 11) is 1.59. The summed E-state index contributed by atoms with van der Waals surface area (Å²) in [5.74, 6) is 0.213. The van der Waals surface area contributed by atoms with E-state index in [9.17, 15) is 9.59 Å². The molecule has 0 radical (unpaired) electrons. The van der Waals surface area contributed by atoms with Crippen LogP contribution in [0.15, 0.2) is 63.0 Å². The highest BCUT2D eigenvalue weighted by Gasteiger charge is 2.14. The van der Waals surface area contributed by atoms with E-state index in [2.05, 4.69) is 20.9 Å². The first-order valence-electron chi connectivity index (χ1n) is 8.00. The van der Waals surface area contributed by atoms with Gasteiger partial charge in [0.2, 0.25) is 0 Å². The van der Waals surface area contributed by atoms with Crippen LogP contribution in [0.2, 0.25) is 0 Å². The van der Waals surface area contributed by atoms with E-state index in [4.69, 9.17) is 4.74 Å². The SMILES string of the molecule is COCCn1c(SCC(=O)c2ccccc2)nc2ccc(Br)cc2c1=O. The molecule has 5 nitrogen and oxygen atoms in total. The summed E-state index contributed by atoms with van der Waals surface area (Å²) in [4.78, 5) is 29.8. The summed E-state index contributed by atoms with van der Waals surface area (Å²) in [6.07, 6.45) is 0. The second kappa shape index (κ2) is 8.62. The minimum absolute atomic E-state index is 0.000886. The molecule has 0 fully saturated rings. The largest absolute Gasteiger partial charge is 0.383 e. The average molecular weight is 433 g/mol. The third kappa shape index (κ3) is 4.23. The van der Waals surface area contributed by atoms with Crippen LogP contribution in [0.1, 0.15) is 10.4 Å². The fourth-order valence-corrected chi connectivity index (χ4v) is 3.78. The highest BCUT2D eigenvalue weighted by Crippen LogP contribution is 2.21. The van der Waals surface area contributed by atoms with Crippen LogP contribution in [0.3, 0.4) is 0 Å². The molecule has 0 aliphatic carbocycles. The van der Waals surface area contributed by atoms with Gasteiger partial charge in [0.15, 0.2) is 10.9 Å². The van der Waals surface area contributed by atoms with E-state index in [1.807, 2.05) is 24.3 Å². The lowest BCUT2D eigenvalue weighted by atomic mass is 10.2. The molecule has 26 heavy (non-hydrogen) atoms. The molecule has 1 aromatic heterocycles. The number of rotatable bonds is 7. The molecule has 7 heteroatoms. The van der Waals surface area contributed by atoms with Gasteiger partial charge in [-0.2, -0.15) is 0 Å². The van der Waals surface area contributed by atoms with E-state index >= 15 is 0 Å². The second-order valence-electron chi connectivity index (χ2n) is 5.58. The predicted octanol–water partition coefficient (Wildman–Crippen LogP) is 3.78. The van der Waals surface area contributed by atoms with Gasteiger partial charge in [0.25, 0.3) is 5.56 Å². The van der Waals surface area contributed by atoms with Gasteiger partial charge in [0, 0.05) is 17.1 Å². The number of nitrogens with zero attached hydrogens (tertiary/aromatic N) is 2. The third-order valence-corrected chi connectivity index (χ3v) is 5.30. The van der Waals surface area contributed by atoms with Crippen LogP contribution in [-0.4, -0.2) is 34.8 Å². The Bertz CT molecular complexity index is 989. The van der Waals surface area contributed by atoms with Crippen LogP contribution in [-0.2, 0) is 11.3 Å². The lowest BCUT2D eigenvalue weighted by Crippen LogP contribution is -2.25. The van der Waals surface area contributed by atoms with Gasteiger partial charge < -0.3 is 4.74 Å². The molecule has 0 spiro atoms. The van der Waals surface area contributed by atoms with Crippen molar-refractivity contribution >= 4 is 44.4 Å². The number of carbonyl (C=O) groups is 1. The van der Waals surface area contributed by atoms with Gasteiger partial charge in [0.05, 0.1) is 29.8 Å². The average Bonchev–Trinajstić information content (AvgIpc) is 2.67. The maximum atomic E-state index is 12.9. The predicted molar refractivity (Wildman–Crippen MR) is 107 cm³/mol. The van der Waals surface area contributed by atoms with Crippen molar-refractivity contribution in [3.05, 3.63) is 68.9 Å². The quantitative estimate of drug-likeness (QED) is 0.323. The second-order valence-corrected chi connectivity index (χ2v) is 7.44. The van der Waals surface area contributed by atoms with Crippen molar-refractivity contribution in [3.63, 3.8) is 0 Å². The topological polar surface area (TPSA) is 61.2 Å². The van der Waals surface area contributed by atoms with Gasteiger partial charge in [0.1, 0.15) is 0 Å². The Kier molecular flexibility index (Phi) is 6.24. The molecular formula is C19H17BrN2O3S. The molecule has 0 amide bonds. The molecule has 0 saturated carbocycles. The number of benzene rings is 2. The van der Waals surface area contributed by atoms with Crippen molar-refractivity contribution in [1.29, 1.82) is 0 Å². The molecule has 134 valence electrons. The molecule has 3 aromatic rings. The smallest absolute Gasteiger partial charge is 0.262 e. The van der Waals surface area contributed by atoms with Crippen molar-refractivity contribution in [3.8, 4) is 0 Å². The Balaban J connectivity index is 1.94. The third-order valence-electron chi connectivity index (χ3n) is 3.83. The maximum absolute atomic E-state index is 12.9. The fourth-order valence-electron chi connectivity index (χ4n) is 2.50. The first-order chi connectivity index (χ1) is 12.6. The van der Waals surface area contributed by atoms with Crippen LogP contribution in [0.4, 0.5) is 0 Å². The molecule has 0 N–H and O–H groups in total. The Labute approximate surface area is 163 Å². The summed E-state index contributed by atoms with van der Waals surface area (Å²) in [5.41, 5.74) is 1.13. The zero-order chi connectivity index (χ0) is 18.5. The van der Waals surface area contributed by atoms with Gasteiger partial charge in [-0.1, -0.05) is 58.0 Å². The van der Waals surface area contributed by atoms with Crippen LogP contribution >= 0.6 is 27.7 Å². The Morgan fingerprint density at radius 1 is 1.23 bits per heavy atom. The van der Waals surface area contributed by atoms with Crippen molar-refractivity contribution in [2.75, 3.05) is 19.5 Å². The Morgan fingerprint density at radius 2 is 2.00 bits per heavy atom. The number of carbonyl (C=O) groups excluding carboxylic acids is 1. The highest BCUT2D eigenvalue weighted by molar-refractivity contribution is 9.10. The number of halogens is 1. The highest BCUT2D eigenvalue weighted by atomic mass is 79.9. The normalized spacial score (nSPS) is 11.0. The molecular weight excluding hydrogens is 416 g/mol. The molecule has 0 aliphatic rings. The zero-order valence-corrected chi connectivity index (χ0v) is 16.5. The first kappa shape index (κ1) is 18.8. The van der Waals surface area contributed by atoms with E-state index in [1.165, 1.54) is 11.8 Å². The van der Waals surface area contributed by atoms with E-state index in [1.54, 1.807) is 35.9 Å². The molecule has 2 aromatic carbocycles. The van der Waals surface area contributed by atoms with Crippen molar-refractivity contribution in [2.45, 2.75) is 11.7 Å². The molecule has 0 unspecified atom stereocenters. The minimum atomic E-state index is -0.136. The lowest BCUT2D eigenvalue weighted by molar-refractivity contribution is 0.102. The number of thioether (sulfide) groups is 1. The molecule has 1 heterocycles. The summed E-state index contributed by atoms with van der Waals surface area (Å²) >= 11 is 4.66. The van der Waals surface area contributed by atoms with Gasteiger partial charge in [-0.05, 0) is 18.2 Å². The number of methoxy groups -OCH3 is 1. The standard InChI is InChI=1S/C19H17BrN2O3S/c1-25-10-9-22-18(24)15-11-14(20)7-8-16(15)21-19(22)26-12-17(23)13-5-3-2-4-6-13/h2-8,11H,9-10,12H2,1H3. The number of Topliss-reactive ketones (excluding diaryl/α,β-unsaturated/α-hetero) is 1. The van der Waals surface area contributed by atoms with E-state index in [0.717, 1.165) is 4.47 Å². The Hall–Kier alpha value is -1.96. The molecule has 3 rings (SSSR count). The van der Waals surface area contributed by atoms with Crippen molar-refractivity contribution in [2.24, 2.45) is 0 Å². The molecule has 0 saturated heterocycles. The summed E-state index contributed by atoms with van der Waals surface area (Å²) < 4.78 is 7.51. The Morgan fingerprint density at radius 3 is 2.73 bits per heavy atom. The lowest BCUT2D eigenvalue weighted by Gasteiger charge is -2.12.